The van der Waals surface area contributed by atoms with Crippen molar-refractivity contribution in [2.75, 3.05) is 14.2 Å². The van der Waals surface area contributed by atoms with Crippen molar-refractivity contribution in [2.24, 2.45) is 0 Å². The second kappa shape index (κ2) is 42.2. The van der Waals surface area contributed by atoms with Gasteiger partial charge in [0.25, 0.3) is 0 Å². The monoisotopic (exact) mass is 1790 g/mol. The number of hydrogen-bond acceptors (Lipinski definition) is 32. The van der Waals surface area contributed by atoms with Crippen LogP contribution in [0.15, 0.2) is 259 Å². The molecule has 10 aromatic carbocycles. The van der Waals surface area contributed by atoms with Crippen molar-refractivity contribution in [3.05, 3.63) is 281 Å². The number of ether oxygens (including phenoxy) is 12. The van der Waals surface area contributed by atoms with Crippen molar-refractivity contribution in [3.8, 4) is 125 Å². The predicted molar refractivity (Wildman–Crippen MR) is 480 cm³/mol. The Hall–Kier alpha value is -17.5. The number of hydrogen-bond donors (Lipinski definition) is 0. The van der Waals surface area contributed by atoms with Crippen LogP contribution in [0.1, 0.15) is 85.9 Å². The largest absolute Gasteiger partial charge is 0.497 e. The molecule has 672 valence electrons. The topological polar surface area (TPSA) is 433 Å². The first kappa shape index (κ1) is 95.2. The fourth-order valence-electron chi connectivity index (χ4n) is 13.2. The Morgan fingerprint density at radius 1 is 0.220 bits per heavy atom. The highest BCUT2D eigenvalue weighted by Gasteiger charge is 2.25. The van der Waals surface area contributed by atoms with Crippen molar-refractivity contribution < 1.29 is 127 Å². The third-order valence-corrected chi connectivity index (χ3v) is 19.0. The number of esters is 10. The van der Waals surface area contributed by atoms with Gasteiger partial charge < -0.3 is 78.9 Å². The van der Waals surface area contributed by atoms with E-state index in [4.69, 9.17) is 78.9 Å². The van der Waals surface area contributed by atoms with Gasteiger partial charge in [0.15, 0.2) is 22.7 Å². The molecule has 15 aromatic rings. The van der Waals surface area contributed by atoms with Crippen LogP contribution in [0.3, 0.4) is 0 Å². The van der Waals surface area contributed by atoms with Gasteiger partial charge in [-0.15, -0.1) is 0 Å². The summed E-state index contributed by atoms with van der Waals surface area (Å²) in [5.74, 6) is -1.94. The first-order chi connectivity index (χ1) is 62.9. The molecule has 0 fully saturated rings. The number of benzene rings is 10. The summed E-state index contributed by atoms with van der Waals surface area (Å²) >= 11 is 0. The van der Waals surface area contributed by atoms with Crippen LogP contribution < -0.4 is 84.0 Å². The molecule has 0 amide bonds. The maximum Gasteiger partial charge on any atom is 0.308 e. The molecule has 0 bridgehead atoms. The standard InChI is InChI=1S/C21H16O8.C20H16O7.2C20H16O6.C19H16O5/c1-11(22)27-15-6-4-14(5-7-15)17-10-26-20-16(19(17)25)8-9-18(28-12(2)23)21(20)29-13(3)24;1-11(21)26-17-9-8-15-18(23)16(13-4-6-14(24-3)7-5-13)10-25-19(15)20(17)27-12(2)22;1-11-18(26-13(3)22)9-8-16-19(23)17(10-24-20(11)16)14-4-6-15(7-5-14)25-12(2)21;1-11-18(26-13(3)22)8-7-16-19(23)17(10-24-20(11)16)14-5-4-6-15(9-14)25-12(2)21;1-11-17(24-12(2)20)9-8-15-18(21)16(10-23-19(11)15)13-4-6-14(22-3)7-5-13/h4-10H,1-3H3;4-10H,1-3H3;2*4-10H,1-3H3;4-10H,1-3H3. The Balaban J connectivity index is 0.000000159. The minimum atomic E-state index is -0.668. The van der Waals surface area contributed by atoms with E-state index < -0.39 is 59.7 Å². The maximum absolute atomic E-state index is 13.0. The molecule has 32 heteroatoms. The lowest BCUT2D eigenvalue weighted by Crippen LogP contribution is -2.10. The van der Waals surface area contributed by atoms with E-state index in [1.54, 1.807) is 193 Å². The van der Waals surface area contributed by atoms with Gasteiger partial charge in [0.1, 0.15) is 94.1 Å². The van der Waals surface area contributed by atoms with Gasteiger partial charge in [0.2, 0.25) is 38.6 Å². The summed E-state index contributed by atoms with van der Waals surface area (Å²) in [5.41, 5.74) is 6.51. The van der Waals surface area contributed by atoms with E-state index in [2.05, 4.69) is 0 Å². The summed E-state index contributed by atoms with van der Waals surface area (Å²) < 4.78 is 89.0. The van der Waals surface area contributed by atoms with Gasteiger partial charge in [-0.05, 0) is 170 Å². The van der Waals surface area contributed by atoms with Crippen LogP contribution in [0.5, 0.6) is 69.0 Å². The van der Waals surface area contributed by atoms with E-state index in [1.807, 2.05) is 0 Å². The molecule has 32 nitrogen and oxygen atoms in total. The zero-order valence-electron chi connectivity index (χ0n) is 73.3. The van der Waals surface area contributed by atoms with E-state index >= 15 is 0 Å². The second-order valence-corrected chi connectivity index (χ2v) is 28.6. The first-order valence-corrected chi connectivity index (χ1v) is 39.7. The average Bonchev–Trinajstić information content (AvgIpc) is 0.883. The number of methoxy groups -OCH3 is 2. The molecule has 0 aliphatic rings. The van der Waals surface area contributed by atoms with Crippen LogP contribution in [0.4, 0.5) is 0 Å². The Kier molecular flexibility index (Phi) is 30.5. The van der Waals surface area contributed by atoms with Crippen LogP contribution in [0.2, 0.25) is 0 Å². The number of carbonyl (C=O) groups excluding carboxylic acids is 10. The minimum absolute atomic E-state index is 0.00875. The lowest BCUT2D eigenvalue weighted by Gasteiger charge is -2.11. The van der Waals surface area contributed by atoms with E-state index in [1.165, 1.54) is 125 Å². The zero-order valence-corrected chi connectivity index (χ0v) is 73.3. The van der Waals surface area contributed by atoms with Crippen molar-refractivity contribution in [2.45, 2.75) is 90.0 Å². The van der Waals surface area contributed by atoms with Gasteiger partial charge in [-0.2, -0.15) is 0 Å². The Labute approximate surface area is 747 Å². The normalized spacial score (nSPS) is 10.5. The molecule has 0 aliphatic carbocycles. The summed E-state index contributed by atoms with van der Waals surface area (Å²) in [7, 11) is 3.14. The number of rotatable bonds is 17. The van der Waals surface area contributed by atoms with Crippen LogP contribution >= 0.6 is 0 Å². The highest BCUT2D eigenvalue weighted by molar-refractivity contribution is 5.95. The van der Waals surface area contributed by atoms with E-state index in [9.17, 15) is 71.9 Å². The number of fused-ring (bicyclic) bond motifs is 5. The van der Waals surface area contributed by atoms with E-state index in [0.29, 0.717) is 140 Å². The maximum atomic E-state index is 13.0. The van der Waals surface area contributed by atoms with Gasteiger partial charge in [-0.25, -0.2) is 0 Å². The SMILES string of the molecule is CC(=O)Oc1ccc(-c2coc3c(C)c(OC(C)=O)ccc3c2=O)cc1.CC(=O)Oc1ccc(-c2coc3c(OC(C)=O)c(OC(C)=O)ccc3c2=O)cc1.CC(=O)Oc1cccc(-c2coc3c(C)c(OC(C)=O)ccc3c2=O)c1.COc1ccc(-c2coc3c(C)c(OC(C)=O)ccc3c2=O)cc1.COc1ccc(-c2coc3c(OC(C)=O)c(OC(C)=O)ccc3c2=O)cc1. The molecule has 15 rings (SSSR count). The number of aryl methyl sites for hydroxylation is 3. The summed E-state index contributed by atoms with van der Waals surface area (Å²) in [6.07, 6.45) is 6.64. The molecular weight excluding hydrogens is 1710 g/mol. The van der Waals surface area contributed by atoms with Gasteiger partial charge in [0.05, 0.1) is 69.0 Å². The molecule has 0 saturated heterocycles. The fraction of sp³-hybridized carbons (Fsp3) is 0.150. The smallest absolute Gasteiger partial charge is 0.308 e. The molecule has 132 heavy (non-hydrogen) atoms. The third-order valence-electron chi connectivity index (χ3n) is 19.0. The van der Waals surface area contributed by atoms with E-state index in [-0.39, 0.29) is 77.6 Å². The summed E-state index contributed by atoms with van der Waals surface area (Å²) in [6.45, 7) is 17.8. The Bertz CT molecular complexity index is 7390. The average molecular weight is 1790 g/mol. The van der Waals surface area contributed by atoms with Gasteiger partial charge in [0, 0.05) is 85.9 Å². The van der Waals surface area contributed by atoms with Crippen LogP contribution in [0.25, 0.3) is 110 Å². The summed E-state index contributed by atoms with van der Waals surface area (Å²) in [5, 5.41) is 1.53. The van der Waals surface area contributed by atoms with Gasteiger partial charge in [-0.1, -0.05) is 60.7 Å². The van der Waals surface area contributed by atoms with Crippen LogP contribution in [0, 0.1) is 20.8 Å². The minimum Gasteiger partial charge on any atom is -0.497 e. The molecule has 0 N–H and O–H groups in total. The molecule has 0 saturated carbocycles. The quantitative estimate of drug-likeness (QED) is 0.0603. The highest BCUT2D eigenvalue weighted by atomic mass is 16.6. The molecule has 0 aliphatic heterocycles. The Morgan fingerprint density at radius 2 is 0.439 bits per heavy atom. The molecule has 0 radical (unpaired) electrons. The lowest BCUT2D eigenvalue weighted by molar-refractivity contribution is -0.134. The molecule has 0 spiro atoms. The third kappa shape index (κ3) is 23.0. The van der Waals surface area contributed by atoms with E-state index in [0.717, 1.165) is 5.56 Å². The molecule has 0 unspecified atom stereocenters. The summed E-state index contributed by atoms with van der Waals surface area (Å²) in [4.78, 5) is 176. The first-order valence-electron chi connectivity index (χ1n) is 39.7. The predicted octanol–water partition coefficient (Wildman–Crippen LogP) is 17.5. The second-order valence-electron chi connectivity index (χ2n) is 28.6. The van der Waals surface area contributed by atoms with Crippen molar-refractivity contribution in [1.29, 1.82) is 0 Å². The lowest BCUT2D eigenvalue weighted by atomic mass is 10.0. The van der Waals surface area contributed by atoms with Crippen molar-refractivity contribution in [1.82, 2.24) is 0 Å². The molecule has 5 heterocycles. The fourth-order valence-corrected chi connectivity index (χ4v) is 13.2. The molecular formula is C100H80O32. The van der Waals surface area contributed by atoms with Crippen LogP contribution in [-0.2, 0) is 47.9 Å². The molecule has 0 atom stereocenters. The number of carbonyl (C=O) groups is 10. The van der Waals surface area contributed by atoms with Gasteiger partial charge in [-0.3, -0.25) is 71.9 Å². The highest BCUT2D eigenvalue weighted by Crippen LogP contribution is 2.40. The summed E-state index contributed by atoms with van der Waals surface area (Å²) in [6, 6.07) is 48.7. The molecule has 5 aromatic heterocycles. The van der Waals surface area contributed by atoms with Crippen molar-refractivity contribution >= 4 is 115 Å². The van der Waals surface area contributed by atoms with Crippen LogP contribution in [-0.4, -0.2) is 73.9 Å². The van der Waals surface area contributed by atoms with Crippen molar-refractivity contribution in [3.63, 3.8) is 0 Å². The van der Waals surface area contributed by atoms with Gasteiger partial charge >= 0.3 is 59.7 Å². The zero-order chi connectivity index (χ0) is 95.6. The Morgan fingerprint density at radius 3 is 0.697 bits per heavy atom.